The Morgan fingerprint density at radius 2 is 1.79 bits per heavy atom. The Morgan fingerprint density at radius 1 is 1.26 bits per heavy atom. The van der Waals surface area contributed by atoms with Crippen LogP contribution in [0.25, 0.3) is 0 Å². The van der Waals surface area contributed by atoms with Gasteiger partial charge in [-0.05, 0) is 52.8 Å². The first-order chi connectivity index (χ1) is 8.88. The lowest BCUT2D eigenvalue weighted by atomic mass is 9.89. The largest absolute Gasteiger partial charge is 0.347 e. The van der Waals surface area contributed by atoms with E-state index < -0.39 is 0 Å². The van der Waals surface area contributed by atoms with Crippen LogP contribution < -0.4 is 5.32 Å². The van der Waals surface area contributed by atoms with Gasteiger partial charge in [0.1, 0.15) is 0 Å². The SMILES string of the molecule is Cc1cc(C(=O)NC2(C)CCN(C)CC2)cc(C)n1. The van der Waals surface area contributed by atoms with Gasteiger partial charge in [-0.25, -0.2) is 0 Å². The molecular weight excluding hydrogens is 238 g/mol. The van der Waals surface area contributed by atoms with Gasteiger partial charge < -0.3 is 10.2 Å². The Kier molecular flexibility index (Phi) is 3.90. The lowest BCUT2D eigenvalue weighted by molar-refractivity contribution is 0.0851. The topological polar surface area (TPSA) is 45.2 Å². The van der Waals surface area contributed by atoms with Crippen molar-refractivity contribution in [2.24, 2.45) is 0 Å². The van der Waals surface area contributed by atoms with Crippen LogP contribution >= 0.6 is 0 Å². The molecule has 0 aromatic carbocycles. The number of likely N-dealkylation sites (tertiary alicyclic amines) is 1. The Bertz CT molecular complexity index is 456. The monoisotopic (exact) mass is 261 g/mol. The highest BCUT2D eigenvalue weighted by Crippen LogP contribution is 2.21. The molecule has 4 heteroatoms. The fourth-order valence-electron chi connectivity index (χ4n) is 2.55. The van der Waals surface area contributed by atoms with Crippen molar-refractivity contribution in [2.75, 3.05) is 20.1 Å². The van der Waals surface area contributed by atoms with Gasteiger partial charge in [-0.15, -0.1) is 0 Å². The minimum Gasteiger partial charge on any atom is -0.347 e. The van der Waals surface area contributed by atoms with Crippen molar-refractivity contribution in [1.29, 1.82) is 0 Å². The van der Waals surface area contributed by atoms with Crippen LogP contribution in [0.5, 0.6) is 0 Å². The van der Waals surface area contributed by atoms with Crippen LogP contribution in [0.4, 0.5) is 0 Å². The van der Waals surface area contributed by atoms with Crippen molar-refractivity contribution in [3.05, 3.63) is 29.1 Å². The summed E-state index contributed by atoms with van der Waals surface area (Å²) in [6.07, 6.45) is 2.00. The lowest BCUT2D eigenvalue weighted by Crippen LogP contribution is -2.52. The summed E-state index contributed by atoms with van der Waals surface area (Å²) in [6, 6.07) is 3.70. The summed E-state index contributed by atoms with van der Waals surface area (Å²) in [5, 5.41) is 3.19. The number of nitrogens with zero attached hydrogens (tertiary/aromatic N) is 2. The minimum atomic E-state index is -0.0886. The summed E-state index contributed by atoms with van der Waals surface area (Å²) in [5.74, 6) is 0.0145. The highest BCUT2D eigenvalue weighted by molar-refractivity contribution is 5.94. The van der Waals surface area contributed by atoms with E-state index in [-0.39, 0.29) is 11.4 Å². The fourth-order valence-corrected chi connectivity index (χ4v) is 2.55. The first-order valence-electron chi connectivity index (χ1n) is 6.84. The molecule has 1 aromatic heterocycles. The van der Waals surface area contributed by atoms with Crippen molar-refractivity contribution in [3.63, 3.8) is 0 Å². The lowest BCUT2D eigenvalue weighted by Gasteiger charge is -2.38. The summed E-state index contributed by atoms with van der Waals surface area (Å²) in [4.78, 5) is 19.0. The zero-order valence-electron chi connectivity index (χ0n) is 12.3. The molecule has 0 atom stereocenters. The summed E-state index contributed by atoms with van der Waals surface area (Å²) in [6.45, 7) is 8.04. The number of hydrogen-bond donors (Lipinski definition) is 1. The molecule has 0 aliphatic carbocycles. The molecule has 0 bridgehead atoms. The maximum atomic E-state index is 12.4. The van der Waals surface area contributed by atoms with Crippen LogP contribution in [0.15, 0.2) is 12.1 Å². The molecule has 104 valence electrons. The molecule has 4 nitrogen and oxygen atoms in total. The predicted octanol–water partition coefficient (Wildman–Crippen LogP) is 1.91. The van der Waals surface area contributed by atoms with E-state index >= 15 is 0 Å². The van der Waals surface area contributed by atoms with Crippen LogP contribution in [-0.4, -0.2) is 41.5 Å². The Morgan fingerprint density at radius 3 is 2.32 bits per heavy atom. The number of hydrogen-bond acceptors (Lipinski definition) is 3. The predicted molar refractivity (Wildman–Crippen MR) is 76.3 cm³/mol. The third kappa shape index (κ3) is 3.53. The Labute approximate surface area is 115 Å². The van der Waals surface area contributed by atoms with Gasteiger partial charge in [-0.3, -0.25) is 9.78 Å². The molecule has 19 heavy (non-hydrogen) atoms. The van der Waals surface area contributed by atoms with E-state index in [1.165, 1.54) is 0 Å². The second-order valence-corrected chi connectivity index (χ2v) is 5.96. The van der Waals surface area contributed by atoms with Crippen LogP contribution in [-0.2, 0) is 0 Å². The van der Waals surface area contributed by atoms with E-state index in [0.717, 1.165) is 37.3 Å². The maximum Gasteiger partial charge on any atom is 0.251 e. The van der Waals surface area contributed by atoms with E-state index in [2.05, 4.69) is 29.2 Å². The van der Waals surface area contributed by atoms with Crippen LogP contribution in [0.2, 0.25) is 0 Å². The van der Waals surface area contributed by atoms with E-state index in [1.807, 2.05) is 26.0 Å². The highest BCUT2D eigenvalue weighted by atomic mass is 16.1. The molecule has 1 amide bonds. The molecule has 2 rings (SSSR count). The Balaban J connectivity index is 2.08. The zero-order valence-corrected chi connectivity index (χ0v) is 12.3. The number of rotatable bonds is 2. The summed E-state index contributed by atoms with van der Waals surface area (Å²) in [7, 11) is 2.12. The van der Waals surface area contributed by atoms with Crippen molar-refractivity contribution in [3.8, 4) is 0 Å². The average Bonchev–Trinajstić information content (AvgIpc) is 2.32. The summed E-state index contributed by atoms with van der Waals surface area (Å²) < 4.78 is 0. The molecule has 0 unspecified atom stereocenters. The van der Waals surface area contributed by atoms with Crippen LogP contribution in [0, 0.1) is 13.8 Å². The number of carbonyl (C=O) groups is 1. The number of pyridine rings is 1. The normalized spacial score (nSPS) is 19.2. The number of aryl methyl sites for hydroxylation is 2. The number of amides is 1. The molecule has 1 saturated heterocycles. The fraction of sp³-hybridized carbons (Fsp3) is 0.600. The first-order valence-corrected chi connectivity index (χ1v) is 6.84. The second kappa shape index (κ2) is 5.29. The van der Waals surface area contributed by atoms with Gasteiger partial charge in [0.15, 0.2) is 0 Å². The summed E-state index contributed by atoms with van der Waals surface area (Å²) >= 11 is 0. The number of aromatic nitrogens is 1. The molecule has 0 radical (unpaired) electrons. The van der Waals surface area contributed by atoms with Crippen molar-refractivity contribution >= 4 is 5.91 Å². The highest BCUT2D eigenvalue weighted by Gasteiger charge is 2.30. The van der Waals surface area contributed by atoms with E-state index in [4.69, 9.17) is 0 Å². The molecule has 0 spiro atoms. The van der Waals surface area contributed by atoms with Gasteiger partial charge in [-0.1, -0.05) is 0 Å². The van der Waals surface area contributed by atoms with Crippen LogP contribution in [0.1, 0.15) is 41.5 Å². The second-order valence-electron chi connectivity index (χ2n) is 5.96. The van der Waals surface area contributed by atoms with Gasteiger partial charge >= 0.3 is 0 Å². The van der Waals surface area contributed by atoms with Gasteiger partial charge in [-0.2, -0.15) is 0 Å². The number of nitrogens with one attached hydrogen (secondary N) is 1. The standard InChI is InChI=1S/C15H23N3O/c1-11-9-13(10-12(2)16-11)14(19)17-15(3)5-7-18(4)8-6-15/h9-10H,5-8H2,1-4H3,(H,17,19). The Hall–Kier alpha value is -1.42. The van der Waals surface area contributed by atoms with Crippen molar-refractivity contribution < 1.29 is 4.79 Å². The number of carbonyl (C=O) groups excluding carboxylic acids is 1. The third-order valence-corrected chi connectivity index (χ3v) is 3.85. The zero-order chi connectivity index (χ0) is 14.0. The van der Waals surface area contributed by atoms with Gasteiger partial charge in [0.2, 0.25) is 0 Å². The molecular formula is C15H23N3O. The van der Waals surface area contributed by atoms with Crippen molar-refractivity contribution in [2.45, 2.75) is 39.2 Å². The van der Waals surface area contributed by atoms with E-state index in [0.29, 0.717) is 5.56 Å². The van der Waals surface area contributed by atoms with Crippen molar-refractivity contribution in [1.82, 2.24) is 15.2 Å². The quantitative estimate of drug-likeness (QED) is 0.884. The molecule has 2 heterocycles. The minimum absolute atomic E-state index is 0.0145. The molecule has 1 fully saturated rings. The van der Waals surface area contributed by atoms with Gasteiger partial charge in [0.25, 0.3) is 5.91 Å². The third-order valence-electron chi connectivity index (χ3n) is 3.85. The average molecular weight is 261 g/mol. The molecule has 1 aromatic rings. The maximum absolute atomic E-state index is 12.4. The van der Waals surface area contributed by atoms with E-state index in [9.17, 15) is 4.79 Å². The smallest absolute Gasteiger partial charge is 0.251 e. The first kappa shape index (κ1) is 14.0. The van der Waals surface area contributed by atoms with Crippen LogP contribution in [0.3, 0.4) is 0 Å². The molecule has 1 N–H and O–H groups in total. The van der Waals surface area contributed by atoms with E-state index in [1.54, 1.807) is 0 Å². The molecule has 1 aliphatic rings. The summed E-state index contributed by atoms with van der Waals surface area (Å²) in [5.41, 5.74) is 2.40. The van der Waals surface area contributed by atoms with Gasteiger partial charge in [0.05, 0.1) is 0 Å². The number of piperidine rings is 1. The molecule has 0 saturated carbocycles. The molecule has 1 aliphatic heterocycles. The van der Waals surface area contributed by atoms with Gasteiger partial charge in [0, 0.05) is 35.6 Å².